The molecule has 0 amide bonds. The van der Waals surface area contributed by atoms with Gasteiger partial charge in [-0.3, -0.25) is 4.40 Å². The maximum absolute atomic E-state index is 14.2. The van der Waals surface area contributed by atoms with Crippen molar-refractivity contribution in [2.75, 3.05) is 11.8 Å². The van der Waals surface area contributed by atoms with Crippen molar-refractivity contribution < 1.29 is 4.39 Å². The summed E-state index contributed by atoms with van der Waals surface area (Å²) in [5, 5.41) is 1.97. The van der Waals surface area contributed by atoms with Gasteiger partial charge in [-0.15, -0.1) is 34.5 Å². The second-order valence-corrected chi connectivity index (χ2v) is 6.44. The minimum atomic E-state index is -0.654. The van der Waals surface area contributed by atoms with Gasteiger partial charge in [0.25, 0.3) is 0 Å². The van der Waals surface area contributed by atoms with Gasteiger partial charge in [-0.2, -0.15) is 0 Å². The lowest BCUT2D eigenvalue weighted by atomic mass is 9.80. The van der Waals surface area contributed by atoms with E-state index in [9.17, 15) is 4.39 Å². The zero-order valence-corrected chi connectivity index (χ0v) is 13.4. The van der Waals surface area contributed by atoms with Crippen molar-refractivity contribution >= 4 is 39.5 Å². The van der Waals surface area contributed by atoms with Gasteiger partial charge in [0.15, 0.2) is 4.96 Å². The van der Waals surface area contributed by atoms with E-state index >= 15 is 0 Å². The third-order valence-corrected chi connectivity index (χ3v) is 5.41. The fraction of sp³-hybridized carbons (Fsp3) is 0.267. The number of imidazole rings is 1. The Balaban J connectivity index is 2.01. The van der Waals surface area contributed by atoms with E-state index in [1.54, 1.807) is 29.5 Å². The maximum atomic E-state index is 14.2. The molecule has 110 valence electrons. The first-order valence-electron chi connectivity index (χ1n) is 6.46. The van der Waals surface area contributed by atoms with Crippen LogP contribution < -0.4 is 0 Å². The molecule has 0 aliphatic rings. The highest BCUT2D eigenvalue weighted by Gasteiger charge is 2.34. The zero-order valence-electron chi connectivity index (χ0n) is 11.1. The molecule has 0 N–H and O–H groups in total. The Labute approximate surface area is 136 Å². The van der Waals surface area contributed by atoms with Crippen molar-refractivity contribution in [2.24, 2.45) is 0 Å². The Kier molecular flexibility index (Phi) is 4.20. The highest BCUT2D eigenvalue weighted by atomic mass is 35.5. The van der Waals surface area contributed by atoms with Gasteiger partial charge < -0.3 is 0 Å². The van der Waals surface area contributed by atoms with Gasteiger partial charge in [-0.25, -0.2) is 9.37 Å². The van der Waals surface area contributed by atoms with Crippen LogP contribution in [0.1, 0.15) is 11.3 Å². The number of alkyl halides is 2. The molecule has 0 saturated heterocycles. The molecular weight excluding hydrogens is 330 g/mol. The van der Waals surface area contributed by atoms with Gasteiger partial charge in [0.2, 0.25) is 0 Å². The van der Waals surface area contributed by atoms with Gasteiger partial charge in [0.05, 0.1) is 5.69 Å². The van der Waals surface area contributed by atoms with Crippen LogP contribution in [0.2, 0.25) is 0 Å². The normalized spacial score (nSPS) is 12.1. The van der Waals surface area contributed by atoms with E-state index in [0.29, 0.717) is 12.0 Å². The van der Waals surface area contributed by atoms with Gasteiger partial charge >= 0.3 is 0 Å². The van der Waals surface area contributed by atoms with E-state index in [-0.39, 0.29) is 17.6 Å². The van der Waals surface area contributed by atoms with Crippen LogP contribution in [0.4, 0.5) is 4.39 Å². The summed E-state index contributed by atoms with van der Waals surface area (Å²) in [5.74, 6) is 0.199. The van der Waals surface area contributed by atoms with Crippen LogP contribution >= 0.6 is 34.5 Å². The summed E-state index contributed by atoms with van der Waals surface area (Å²) >= 11 is 13.9. The first kappa shape index (κ1) is 14.8. The van der Waals surface area contributed by atoms with E-state index < -0.39 is 5.41 Å². The molecule has 0 fully saturated rings. The van der Waals surface area contributed by atoms with E-state index in [0.717, 1.165) is 10.7 Å². The van der Waals surface area contributed by atoms with E-state index in [1.807, 2.05) is 22.2 Å². The SMILES string of the molecule is Fc1ccccc1C(CCl)(CCl)Cc1cn2ccsc2n1. The third-order valence-electron chi connectivity index (χ3n) is 3.62. The van der Waals surface area contributed by atoms with Crippen molar-refractivity contribution in [1.82, 2.24) is 9.38 Å². The number of thiazole rings is 1. The molecule has 0 radical (unpaired) electrons. The Bertz CT molecular complexity index is 720. The lowest BCUT2D eigenvalue weighted by Gasteiger charge is -2.29. The highest BCUT2D eigenvalue weighted by Crippen LogP contribution is 2.33. The molecule has 0 saturated carbocycles. The number of nitrogens with zero attached hydrogens (tertiary/aromatic N) is 2. The molecule has 6 heteroatoms. The molecule has 0 aliphatic heterocycles. The van der Waals surface area contributed by atoms with Crippen LogP contribution in [0.5, 0.6) is 0 Å². The molecule has 0 aliphatic carbocycles. The topological polar surface area (TPSA) is 17.3 Å². The number of benzene rings is 1. The van der Waals surface area contributed by atoms with Gasteiger partial charge in [0, 0.05) is 41.4 Å². The molecule has 2 heterocycles. The summed E-state index contributed by atoms with van der Waals surface area (Å²) in [6.45, 7) is 0. The van der Waals surface area contributed by atoms with Crippen molar-refractivity contribution in [1.29, 1.82) is 0 Å². The van der Waals surface area contributed by atoms with Crippen LogP contribution in [-0.2, 0) is 11.8 Å². The molecule has 3 rings (SSSR count). The van der Waals surface area contributed by atoms with Crippen LogP contribution in [-0.4, -0.2) is 21.1 Å². The quantitative estimate of drug-likeness (QED) is 0.624. The standard InChI is InChI=1S/C15H13Cl2FN2S/c16-9-15(10-17,12-3-1-2-4-13(12)18)7-11-8-20-5-6-21-14(20)19-11/h1-6,8H,7,9-10H2. The predicted molar refractivity (Wildman–Crippen MR) is 86.3 cm³/mol. The monoisotopic (exact) mass is 342 g/mol. The summed E-state index contributed by atoms with van der Waals surface area (Å²) in [6.07, 6.45) is 4.40. The maximum Gasteiger partial charge on any atom is 0.193 e. The average Bonchev–Trinajstić information content (AvgIpc) is 3.07. The van der Waals surface area contributed by atoms with E-state index in [2.05, 4.69) is 4.98 Å². The summed E-state index contributed by atoms with van der Waals surface area (Å²) in [7, 11) is 0. The molecule has 0 bridgehead atoms. The minimum absolute atomic E-state index is 0.239. The van der Waals surface area contributed by atoms with E-state index in [1.165, 1.54) is 6.07 Å². The molecule has 21 heavy (non-hydrogen) atoms. The summed E-state index contributed by atoms with van der Waals surface area (Å²) in [4.78, 5) is 5.46. The van der Waals surface area contributed by atoms with Crippen LogP contribution in [0, 0.1) is 5.82 Å². The van der Waals surface area contributed by atoms with E-state index in [4.69, 9.17) is 23.2 Å². The first-order chi connectivity index (χ1) is 10.2. The first-order valence-corrected chi connectivity index (χ1v) is 8.41. The molecule has 0 unspecified atom stereocenters. The van der Waals surface area contributed by atoms with Crippen LogP contribution in [0.25, 0.3) is 4.96 Å². The molecule has 0 spiro atoms. The molecule has 3 aromatic rings. The molecule has 0 atom stereocenters. The van der Waals surface area contributed by atoms with Crippen LogP contribution in [0.3, 0.4) is 0 Å². The molecular formula is C15H13Cl2FN2S. The molecule has 1 aromatic carbocycles. The number of hydrogen-bond donors (Lipinski definition) is 0. The number of hydrogen-bond acceptors (Lipinski definition) is 2. The summed E-state index contributed by atoms with van der Waals surface area (Å²) < 4.78 is 16.1. The zero-order chi connectivity index (χ0) is 14.9. The second-order valence-electron chi connectivity index (χ2n) is 5.03. The Morgan fingerprint density at radius 1 is 1.24 bits per heavy atom. The number of rotatable bonds is 5. The van der Waals surface area contributed by atoms with Crippen molar-refractivity contribution in [3.05, 3.63) is 59.1 Å². The molecule has 2 nitrogen and oxygen atoms in total. The van der Waals surface area contributed by atoms with Crippen LogP contribution in [0.15, 0.2) is 42.0 Å². The minimum Gasteiger partial charge on any atom is -0.297 e. The second kappa shape index (κ2) is 5.95. The summed E-state index contributed by atoms with van der Waals surface area (Å²) in [6, 6.07) is 6.66. The van der Waals surface area contributed by atoms with Crippen molar-refractivity contribution in [2.45, 2.75) is 11.8 Å². The number of halogens is 3. The fourth-order valence-corrected chi connectivity index (χ4v) is 3.95. The predicted octanol–water partition coefficient (Wildman–Crippen LogP) is 4.49. The lowest BCUT2D eigenvalue weighted by Crippen LogP contribution is -2.34. The largest absolute Gasteiger partial charge is 0.297 e. The number of fused-ring (bicyclic) bond motifs is 1. The Morgan fingerprint density at radius 3 is 2.67 bits per heavy atom. The molecule has 2 aromatic heterocycles. The lowest BCUT2D eigenvalue weighted by molar-refractivity contribution is 0.487. The van der Waals surface area contributed by atoms with Crippen molar-refractivity contribution in [3.63, 3.8) is 0 Å². The van der Waals surface area contributed by atoms with Gasteiger partial charge in [-0.1, -0.05) is 18.2 Å². The Morgan fingerprint density at radius 2 is 2.00 bits per heavy atom. The Hall–Kier alpha value is -1.10. The fourth-order valence-electron chi connectivity index (χ4n) is 2.47. The summed E-state index contributed by atoms with van der Waals surface area (Å²) in [5.41, 5.74) is 0.760. The number of aromatic nitrogens is 2. The smallest absolute Gasteiger partial charge is 0.193 e. The third kappa shape index (κ3) is 2.68. The average molecular weight is 343 g/mol. The highest BCUT2D eigenvalue weighted by molar-refractivity contribution is 7.15. The van der Waals surface area contributed by atoms with Gasteiger partial charge in [-0.05, 0) is 11.6 Å². The van der Waals surface area contributed by atoms with Crippen molar-refractivity contribution in [3.8, 4) is 0 Å². The van der Waals surface area contributed by atoms with Gasteiger partial charge in [0.1, 0.15) is 5.82 Å².